The predicted octanol–water partition coefficient (Wildman–Crippen LogP) is 3.81. The van der Waals surface area contributed by atoms with Crippen LogP contribution in [0.15, 0.2) is 36.4 Å². The summed E-state index contributed by atoms with van der Waals surface area (Å²) in [6.45, 7) is 3.43. The summed E-state index contributed by atoms with van der Waals surface area (Å²) in [4.78, 5) is 11.1. The molecular weight excluding hydrogens is 231 g/mol. The SMILES string of the molecule is Cc1c(F)cccc1-c1cccc(C(=O)O)c1C. The fourth-order valence-corrected chi connectivity index (χ4v) is 2.06. The van der Waals surface area contributed by atoms with Gasteiger partial charge in [-0.3, -0.25) is 0 Å². The molecule has 3 heteroatoms. The molecule has 0 aliphatic heterocycles. The van der Waals surface area contributed by atoms with Gasteiger partial charge in [0.05, 0.1) is 5.56 Å². The zero-order valence-corrected chi connectivity index (χ0v) is 10.2. The van der Waals surface area contributed by atoms with Gasteiger partial charge in [-0.25, -0.2) is 9.18 Å². The Hall–Kier alpha value is -2.16. The predicted molar refractivity (Wildman–Crippen MR) is 68.3 cm³/mol. The Morgan fingerprint density at radius 2 is 1.56 bits per heavy atom. The van der Waals surface area contributed by atoms with Crippen LogP contribution in [0.25, 0.3) is 11.1 Å². The molecule has 18 heavy (non-hydrogen) atoms. The molecule has 0 heterocycles. The largest absolute Gasteiger partial charge is 0.478 e. The lowest BCUT2D eigenvalue weighted by molar-refractivity contribution is 0.0696. The fourth-order valence-electron chi connectivity index (χ4n) is 2.06. The van der Waals surface area contributed by atoms with Gasteiger partial charge in [-0.1, -0.05) is 24.3 Å². The molecule has 0 aliphatic rings. The summed E-state index contributed by atoms with van der Waals surface area (Å²) in [6, 6.07) is 9.86. The van der Waals surface area contributed by atoms with Crippen molar-refractivity contribution in [2.24, 2.45) is 0 Å². The quantitative estimate of drug-likeness (QED) is 0.872. The van der Waals surface area contributed by atoms with E-state index in [9.17, 15) is 9.18 Å². The Morgan fingerprint density at radius 1 is 1.00 bits per heavy atom. The second-order valence-electron chi connectivity index (χ2n) is 4.20. The Morgan fingerprint density at radius 3 is 2.17 bits per heavy atom. The highest BCUT2D eigenvalue weighted by Crippen LogP contribution is 2.29. The molecule has 0 aliphatic carbocycles. The lowest BCUT2D eigenvalue weighted by atomic mass is 9.93. The average Bonchev–Trinajstić information content (AvgIpc) is 2.33. The van der Waals surface area contributed by atoms with Crippen molar-refractivity contribution in [2.75, 3.05) is 0 Å². The van der Waals surface area contributed by atoms with Crippen LogP contribution >= 0.6 is 0 Å². The van der Waals surface area contributed by atoms with E-state index in [2.05, 4.69) is 0 Å². The fraction of sp³-hybridized carbons (Fsp3) is 0.133. The summed E-state index contributed by atoms with van der Waals surface area (Å²) in [7, 11) is 0. The van der Waals surface area contributed by atoms with Crippen LogP contribution in [0.4, 0.5) is 4.39 Å². The molecule has 0 radical (unpaired) electrons. The van der Waals surface area contributed by atoms with Crippen LogP contribution < -0.4 is 0 Å². The molecule has 0 fully saturated rings. The first-order chi connectivity index (χ1) is 8.52. The number of aromatic carboxylic acids is 1. The molecule has 0 saturated heterocycles. The third kappa shape index (κ3) is 1.99. The van der Waals surface area contributed by atoms with Gasteiger partial charge in [-0.2, -0.15) is 0 Å². The van der Waals surface area contributed by atoms with Crippen molar-refractivity contribution < 1.29 is 14.3 Å². The third-order valence-electron chi connectivity index (χ3n) is 3.12. The lowest BCUT2D eigenvalue weighted by Crippen LogP contribution is -2.01. The monoisotopic (exact) mass is 244 g/mol. The van der Waals surface area contributed by atoms with E-state index >= 15 is 0 Å². The molecule has 0 amide bonds. The summed E-state index contributed by atoms with van der Waals surface area (Å²) in [6.07, 6.45) is 0. The Bertz CT molecular complexity index is 618. The number of hydrogen-bond donors (Lipinski definition) is 1. The third-order valence-corrected chi connectivity index (χ3v) is 3.12. The van der Waals surface area contributed by atoms with Crippen LogP contribution in [-0.4, -0.2) is 11.1 Å². The maximum Gasteiger partial charge on any atom is 0.335 e. The number of rotatable bonds is 2. The smallest absolute Gasteiger partial charge is 0.335 e. The van der Waals surface area contributed by atoms with Gasteiger partial charge in [-0.15, -0.1) is 0 Å². The minimum Gasteiger partial charge on any atom is -0.478 e. The number of carboxylic acid groups (broad SMARTS) is 1. The molecule has 0 spiro atoms. The van der Waals surface area contributed by atoms with Crippen molar-refractivity contribution in [3.63, 3.8) is 0 Å². The maximum absolute atomic E-state index is 13.5. The first-order valence-corrected chi connectivity index (χ1v) is 5.60. The first kappa shape index (κ1) is 12.3. The van der Waals surface area contributed by atoms with E-state index in [0.29, 0.717) is 11.1 Å². The molecule has 2 nitrogen and oxygen atoms in total. The minimum absolute atomic E-state index is 0.246. The lowest BCUT2D eigenvalue weighted by Gasteiger charge is -2.11. The van der Waals surface area contributed by atoms with Crippen molar-refractivity contribution in [1.82, 2.24) is 0 Å². The minimum atomic E-state index is -0.969. The number of carboxylic acids is 1. The van der Waals surface area contributed by atoms with Crippen molar-refractivity contribution in [3.8, 4) is 11.1 Å². The van der Waals surface area contributed by atoms with Gasteiger partial charge in [0.25, 0.3) is 0 Å². The van der Waals surface area contributed by atoms with Crippen LogP contribution in [0.2, 0.25) is 0 Å². The summed E-state index contributed by atoms with van der Waals surface area (Å²) >= 11 is 0. The number of hydrogen-bond acceptors (Lipinski definition) is 1. The van der Waals surface area contributed by atoms with Crippen molar-refractivity contribution in [3.05, 3.63) is 58.9 Å². The highest BCUT2D eigenvalue weighted by molar-refractivity contribution is 5.92. The first-order valence-electron chi connectivity index (χ1n) is 5.60. The highest BCUT2D eigenvalue weighted by Gasteiger charge is 2.13. The van der Waals surface area contributed by atoms with E-state index in [1.165, 1.54) is 6.07 Å². The topological polar surface area (TPSA) is 37.3 Å². The van der Waals surface area contributed by atoms with Gasteiger partial charge in [0.1, 0.15) is 5.82 Å². The Kier molecular flexibility index (Phi) is 3.15. The molecule has 2 rings (SSSR count). The van der Waals surface area contributed by atoms with E-state index in [4.69, 9.17) is 5.11 Å². The van der Waals surface area contributed by atoms with Gasteiger partial charge >= 0.3 is 5.97 Å². The highest BCUT2D eigenvalue weighted by atomic mass is 19.1. The van der Waals surface area contributed by atoms with E-state index in [0.717, 1.165) is 11.1 Å². The van der Waals surface area contributed by atoms with Crippen LogP contribution in [0.1, 0.15) is 21.5 Å². The molecule has 0 unspecified atom stereocenters. The number of halogens is 1. The molecule has 1 N–H and O–H groups in total. The average molecular weight is 244 g/mol. The van der Waals surface area contributed by atoms with Crippen LogP contribution in [0.5, 0.6) is 0 Å². The maximum atomic E-state index is 13.5. The van der Waals surface area contributed by atoms with E-state index in [1.807, 2.05) is 6.07 Å². The zero-order chi connectivity index (χ0) is 13.3. The van der Waals surface area contributed by atoms with Crippen molar-refractivity contribution >= 4 is 5.97 Å². The molecule has 2 aromatic rings. The Labute approximate surface area is 105 Å². The van der Waals surface area contributed by atoms with E-state index in [-0.39, 0.29) is 11.4 Å². The molecule has 0 bridgehead atoms. The van der Waals surface area contributed by atoms with Crippen molar-refractivity contribution in [2.45, 2.75) is 13.8 Å². The second kappa shape index (κ2) is 4.61. The molecule has 0 saturated carbocycles. The van der Waals surface area contributed by atoms with Gasteiger partial charge in [0.2, 0.25) is 0 Å². The molecule has 0 atom stereocenters. The van der Waals surface area contributed by atoms with Gasteiger partial charge in [-0.05, 0) is 48.2 Å². The summed E-state index contributed by atoms with van der Waals surface area (Å²) in [5, 5.41) is 9.09. The van der Waals surface area contributed by atoms with Gasteiger partial charge in [0, 0.05) is 0 Å². The zero-order valence-electron chi connectivity index (χ0n) is 10.2. The molecule has 0 aromatic heterocycles. The van der Waals surface area contributed by atoms with Gasteiger partial charge in [0.15, 0.2) is 0 Å². The van der Waals surface area contributed by atoms with Crippen LogP contribution in [-0.2, 0) is 0 Å². The number of carbonyl (C=O) groups is 1. The van der Waals surface area contributed by atoms with Crippen LogP contribution in [0, 0.1) is 19.7 Å². The summed E-state index contributed by atoms with van der Waals surface area (Å²) < 4.78 is 13.5. The van der Waals surface area contributed by atoms with Crippen molar-refractivity contribution in [1.29, 1.82) is 0 Å². The van der Waals surface area contributed by atoms with Crippen LogP contribution in [0.3, 0.4) is 0 Å². The molecule has 92 valence electrons. The normalized spacial score (nSPS) is 10.4. The standard InChI is InChI=1S/C15H13FO2/c1-9-11(5-3-7-13(9)15(17)18)12-6-4-8-14(16)10(12)2/h3-8H,1-2H3,(H,17,18). The van der Waals surface area contributed by atoms with E-state index in [1.54, 1.807) is 38.1 Å². The van der Waals surface area contributed by atoms with Gasteiger partial charge < -0.3 is 5.11 Å². The molecular formula is C15H13FO2. The summed E-state index contributed by atoms with van der Waals surface area (Å²) in [5.41, 5.74) is 2.92. The number of benzene rings is 2. The molecule has 2 aromatic carbocycles. The second-order valence-corrected chi connectivity index (χ2v) is 4.20. The summed E-state index contributed by atoms with van der Waals surface area (Å²) in [5.74, 6) is -1.25. The Balaban J connectivity index is 2.69. The van der Waals surface area contributed by atoms with E-state index < -0.39 is 5.97 Å².